The summed E-state index contributed by atoms with van der Waals surface area (Å²) in [5.41, 5.74) is 1.60. The summed E-state index contributed by atoms with van der Waals surface area (Å²) in [6, 6.07) is 6.89. The number of nitrogens with zero attached hydrogens (tertiary/aromatic N) is 2. The molecular weight excluding hydrogens is 352 g/mol. The zero-order valence-corrected chi connectivity index (χ0v) is 16.4. The number of aromatic nitrogens is 1. The fourth-order valence-electron chi connectivity index (χ4n) is 3.40. The van der Waals surface area contributed by atoms with Crippen LogP contribution in [0.5, 0.6) is 0 Å². The van der Waals surface area contributed by atoms with Crippen molar-refractivity contribution >= 4 is 10.0 Å². The third-order valence-corrected chi connectivity index (χ3v) is 6.59. The molecule has 2 aromatic rings. The Morgan fingerprint density at radius 3 is 2.62 bits per heavy atom. The van der Waals surface area contributed by atoms with E-state index >= 15 is 0 Å². The number of sulfonamides is 1. The van der Waals surface area contributed by atoms with Crippen molar-refractivity contribution in [2.45, 2.75) is 38.5 Å². The number of benzene rings is 1. The Hall–Kier alpha value is -1.70. The number of hydrogen-bond donors (Lipinski definition) is 0. The smallest absolute Gasteiger partial charge is 0.243 e. The molecule has 26 heavy (non-hydrogen) atoms. The van der Waals surface area contributed by atoms with Crippen molar-refractivity contribution in [2.24, 2.45) is 5.92 Å². The number of aryl methyl sites for hydroxylation is 2. The highest BCUT2D eigenvalue weighted by Crippen LogP contribution is 2.27. The summed E-state index contributed by atoms with van der Waals surface area (Å²) in [5.74, 6) is 1.59. The van der Waals surface area contributed by atoms with Crippen molar-refractivity contribution < 1.29 is 17.6 Å². The molecule has 0 bridgehead atoms. The van der Waals surface area contributed by atoms with Crippen LogP contribution in [0.3, 0.4) is 0 Å². The van der Waals surface area contributed by atoms with E-state index in [1.54, 1.807) is 35.5 Å². The average molecular weight is 378 g/mol. The highest BCUT2D eigenvalue weighted by Gasteiger charge is 2.30. The van der Waals surface area contributed by atoms with E-state index in [9.17, 15) is 8.42 Å². The van der Waals surface area contributed by atoms with Crippen molar-refractivity contribution in [1.82, 2.24) is 9.29 Å². The minimum atomic E-state index is -3.49. The van der Waals surface area contributed by atoms with Gasteiger partial charge in [-0.1, -0.05) is 12.1 Å². The van der Waals surface area contributed by atoms with Crippen molar-refractivity contribution in [3.8, 4) is 11.3 Å². The quantitative estimate of drug-likeness (QED) is 0.770. The Morgan fingerprint density at radius 2 is 2.00 bits per heavy atom. The second kappa shape index (κ2) is 7.90. The normalized spacial score (nSPS) is 19.0. The molecule has 1 saturated heterocycles. The lowest BCUT2D eigenvalue weighted by Crippen LogP contribution is -2.41. The Balaban J connectivity index is 1.78. The largest absolute Gasteiger partial charge is 0.446 e. The number of oxazole rings is 1. The van der Waals surface area contributed by atoms with Crippen molar-refractivity contribution in [1.29, 1.82) is 0 Å². The molecule has 3 rings (SSSR count). The maximum atomic E-state index is 13.0. The molecule has 142 valence electrons. The summed E-state index contributed by atoms with van der Waals surface area (Å²) in [7, 11) is -3.49. The van der Waals surface area contributed by atoms with E-state index in [1.165, 1.54) is 0 Å². The minimum Gasteiger partial charge on any atom is -0.446 e. The molecule has 1 aromatic carbocycles. The zero-order chi connectivity index (χ0) is 18.7. The lowest BCUT2D eigenvalue weighted by Gasteiger charge is -2.31. The van der Waals surface area contributed by atoms with E-state index in [0.717, 1.165) is 29.9 Å². The van der Waals surface area contributed by atoms with E-state index in [-0.39, 0.29) is 5.92 Å². The predicted octanol–water partition coefficient (Wildman–Crippen LogP) is 3.40. The Morgan fingerprint density at radius 1 is 1.27 bits per heavy atom. The molecule has 2 heterocycles. The number of hydrogen-bond acceptors (Lipinski definition) is 5. The van der Waals surface area contributed by atoms with Gasteiger partial charge in [0.1, 0.15) is 11.5 Å². The molecule has 1 fully saturated rings. The minimum absolute atomic E-state index is 0.263. The highest BCUT2D eigenvalue weighted by molar-refractivity contribution is 7.89. The van der Waals surface area contributed by atoms with E-state index in [1.807, 2.05) is 13.8 Å². The number of ether oxygens (including phenoxy) is 1. The molecule has 0 saturated carbocycles. The fraction of sp³-hybridized carbons (Fsp3) is 0.526. The third kappa shape index (κ3) is 4.00. The van der Waals surface area contributed by atoms with Crippen LogP contribution in [0, 0.1) is 19.8 Å². The van der Waals surface area contributed by atoms with E-state index in [2.05, 4.69) is 4.98 Å². The Kier molecular flexibility index (Phi) is 5.79. The first-order valence-corrected chi connectivity index (χ1v) is 10.5. The predicted molar refractivity (Wildman–Crippen MR) is 99.4 cm³/mol. The van der Waals surface area contributed by atoms with Crippen LogP contribution < -0.4 is 0 Å². The molecule has 0 aliphatic carbocycles. The van der Waals surface area contributed by atoms with Gasteiger partial charge in [-0.05, 0) is 44.7 Å². The topological polar surface area (TPSA) is 72.6 Å². The van der Waals surface area contributed by atoms with Gasteiger partial charge < -0.3 is 9.15 Å². The molecular formula is C19H26N2O4S. The first-order valence-electron chi connectivity index (χ1n) is 9.04. The van der Waals surface area contributed by atoms with Crippen molar-refractivity contribution in [2.75, 3.05) is 26.3 Å². The zero-order valence-electron chi connectivity index (χ0n) is 15.6. The molecule has 6 nitrogen and oxygen atoms in total. The number of rotatable bonds is 6. The van der Waals surface area contributed by atoms with Crippen molar-refractivity contribution in [3.05, 3.63) is 35.9 Å². The molecule has 7 heteroatoms. The van der Waals surface area contributed by atoms with Gasteiger partial charge in [-0.3, -0.25) is 0 Å². The van der Waals surface area contributed by atoms with Gasteiger partial charge in [0.05, 0.1) is 11.5 Å². The molecule has 1 atom stereocenters. The molecule has 0 N–H and O–H groups in total. The lowest BCUT2D eigenvalue weighted by atomic mass is 10.0. The summed E-state index contributed by atoms with van der Waals surface area (Å²) in [6.45, 7) is 7.96. The first-order chi connectivity index (χ1) is 12.4. The van der Waals surface area contributed by atoms with Crippen LogP contribution >= 0.6 is 0 Å². The molecule has 0 radical (unpaired) electrons. The molecule has 1 aliphatic heterocycles. The van der Waals surface area contributed by atoms with Gasteiger partial charge in [-0.25, -0.2) is 13.4 Å². The van der Waals surface area contributed by atoms with Crippen LogP contribution in [0.1, 0.15) is 31.4 Å². The second-order valence-electron chi connectivity index (χ2n) is 6.69. The summed E-state index contributed by atoms with van der Waals surface area (Å²) in [5, 5.41) is 0. The molecule has 1 aliphatic rings. The standard InChI is InChI=1S/C19H26N2O4S/c1-4-24-13-16-6-5-11-21(12-16)26(22,23)18-9-7-17(8-10-18)19-14(2)25-15(3)20-19/h7-10,16H,4-6,11-13H2,1-3H3. The van der Waals surface area contributed by atoms with Gasteiger partial charge in [0.25, 0.3) is 0 Å². The van der Waals surface area contributed by atoms with E-state index in [0.29, 0.717) is 37.1 Å². The molecule has 0 amide bonds. The van der Waals surface area contributed by atoms with Gasteiger partial charge in [-0.2, -0.15) is 4.31 Å². The highest BCUT2D eigenvalue weighted by atomic mass is 32.2. The van der Waals surface area contributed by atoms with Crippen LogP contribution in [0.2, 0.25) is 0 Å². The molecule has 0 spiro atoms. The fourth-order valence-corrected chi connectivity index (χ4v) is 4.95. The van der Waals surface area contributed by atoms with Gasteiger partial charge in [0, 0.05) is 32.2 Å². The summed E-state index contributed by atoms with van der Waals surface area (Å²) >= 11 is 0. The SMILES string of the molecule is CCOCC1CCCN(S(=O)(=O)c2ccc(-c3nc(C)oc3C)cc2)C1. The maximum absolute atomic E-state index is 13.0. The number of piperidine rings is 1. The van der Waals surface area contributed by atoms with Gasteiger partial charge >= 0.3 is 0 Å². The average Bonchev–Trinajstić information content (AvgIpc) is 2.98. The van der Waals surface area contributed by atoms with E-state index < -0.39 is 10.0 Å². The van der Waals surface area contributed by atoms with Crippen LogP contribution in [0.4, 0.5) is 0 Å². The Bertz CT molecular complexity index is 843. The van der Waals surface area contributed by atoms with Gasteiger partial charge in [-0.15, -0.1) is 0 Å². The summed E-state index contributed by atoms with van der Waals surface area (Å²) < 4.78 is 38.5. The first kappa shape index (κ1) is 19.1. The summed E-state index contributed by atoms with van der Waals surface area (Å²) in [4.78, 5) is 4.68. The lowest BCUT2D eigenvalue weighted by molar-refractivity contribution is 0.0864. The van der Waals surface area contributed by atoms with Gasteiger partial charge in [0.2, 0.25) is 10.0 Å². The Labute approximate surface area is 155 Å². The third-order valence-electron chi connectivity index (χ3n) is 4.71. The van der Waals surface area contributed by atoms with E-state index in [4.69, 9.17) is 9.15 Å². The van der Waals surface area contributed by atoms with Gasteiger partial charge in [0.15, 0.2) is 5.89 Å². The van der Waals surface area contributed by atoms with Crippen LogP contribution in [0.15, 0.2) is 33.6 Å². The molecule has 1 aromatic heterocycles. The second-order valence-corrected chi connectivity index (χ2v) is 8.63. The van der Waals surface area contributed by atoms with Crippen LogP contribution in [0.25, 0.3) is 11.3 Å². The maximum Gasteiger partial charge on any atom is 0.243 e. The monoisotopic (exact) mass is 378 g/mol. The summed E-state index contributed by atoms with van der Waals surface area (Å²) in [6.07, 6.45) is 1.88. The van der Waals surface area contributed by atoms with Crippen LogP contribution in [-0.4, -0.2) is 44.0 Å². The molecule has 1 unspecified atom stereocenters. The van der Waals surface area contributed by atoms with Crippen molar-refractivity contribution in [3.63, 3.8) is 0 Å². The van der Waals surface area contributed by atoms with Crippen LogP contribution in [-0.2, 0) is 14.8 Å².